The van der Waals surface area contributed by atoms with Crippen molar-refractivity contribution in [2.75, 3.05) is 5.32 Å². The number of ketones is 1. The van der Waals surface area contributed by atoms with Crippen LogP contribution in [0, 0.1) is 16.2 Å². The lowest BCUT2D eigenvalue weighted by molar-refractivity contribution is -0.130. The van der Waals surface area contributed by atoms with Gasteiger partial charge in [0.1, 0.15) is 0 Å². The van der Waals surface area contributed by atoms with Gasteiger partial charge in [-0.05, 0) is 30.4 Å². The number of nitrogens with zero attached hydrogens (tertiary/aromatic N) is 1. The molecule has 0 unspecified atom stereocenters. The molecular weight excluding hydrogens is 388 g/mol. The molecule has 0 aliphatic heterocycles. The summed E-state index contributed by atoms with van der Waals surface area (Å²) < 4.78 is 1.04. The molecule has 3 atom stereocenters. The Hall–Kier alpha value is -1.27. The van der Waals surface area contributed by atoms with Crippen LogP contribution in [-0.4, -0.2) is 21.5 Å². The molecule has 6 heteroatoms. The van der Waals surface area contributed by atoms with Crippen LogP contribution in [0.15, 0.2) is 24.3 Å². The largest absolute Gasteiger partial charge is 0.301 e. The summed E-state index contributed by atoms with van der Waals surface area (Å²) in [6, 6.07) is 7.81. The number of benzene rings is 1. The van der Waals surface area contributed by atoms with Crippen molar-refractivity contribution in [1.82, 2.24) is 4.98 Å². The van der Waals surface area contributed by atoms with Gasteiger partial charge in [-0.15, -0.1) is 0 Å². The number of aromatic nitrogens is 1. The molecule has 4 rings (SSSR count). The number of hydrogen-bond donors (Lipinski definition) is 1. The van der Waals surface area contributed by atoms with Gasteiger partial charge in [-0.1, -0.05) is 60.2 Å². The van der Waals surface area contributed by atoms with Crippen molar-refractivity contribution in [2.24, 2.45) is 16.2 Å². The van der Waals surface area contributed by atoms with Gasteiger partial charge in [0, 0.05) is 5.41 Å². The number of halogens is 1. The number of carbonyl (C=O) groups excluding carboxylic acids is 2. The first-order valence-corrected chi connectivity index (χ1v) is 9.83. The topological polar surface area (TPSA) is 59.1 Å². The molecule has 4 nitrogen and oxygen atoms in total. The second-order valence-corrected chi connectivity index (χ2v) is 9.54. The summed E-state index contributed by atoms with van der Waals surface area (Å²) in [6.45, 7) is 6.11. The van der Waals surface area contributed by atoms with Gasteiger partial charge in [0.15, 0.2) is 10.9 Å². The van der Waals surface area contributed by atoms with Crippen LogP contribution in [0.5, 0.6) is 0 Å². The number of alkyl halides is 1. The second-order valence-electron chi connectivity index (χ2n) is 7.60. The highest BCUT2D eigenvalue weighted by Gasteiger charge is 2.76. The first-order chi connectivity index (χ1) is 11.2. The van der Waals surface area contributed by atoms with Crippen LogP contribution in [0.25, 0.3) is 10.2 Å². The molecule has 0 saturated heterocycles. The average molecular weight is 407 g/mol. The predicted molar refractivity (Wildman–Crippen MR) is 99.5 cm³/mol. The highest BCUT2D eigenvalue weighted by molar-refractivity contribution is 9.10. The Balaban J connectivity index is 1.72. The van der Waals surface area contributed by atoms with Crippen molar-refractivity contribution in [2.45, 2.75) is 38.4 Å². The maximum Gasteiger partial charge on any atom is 0.234 e. The van der Waals surface area contributed by atoms with Crippen molar-refractivity contribution >= 4 is 54.3 Å². The zero-order valence-electron chi connectivity index (χ0n) is 13.9. The van der Waals surface area contributed by atoms with E-state index in [1.807, 2.05) is 31.2 Å². The number of fused-ring (bicyclic) bond motifs is 3. The van der Waals surface area contributed by atoms with Crippen molar-refractivity contribution in [3.63, 3.8) is 0 Å². The number of Topliss-reactive ketones (excluding diaryl/α,β-unsaturated/α-hetero) is 1. The summed E-state index contributed by atoms with van der Waals surface area (Å²) in [6.07, 6.45) is 1.48. The van der Waals surface area contributed by atoms with E-state index in [1.165, 1.54) is 11.3 Å². The third-order valence-electron chi connectivity index (χ3n) is 6.64. The standard InChI is InChI=1S/C18H19BrN2O2S/c1-16(2)17(3)8-9-18(16,12(19)13(17)22)14(23)21-15-20-10-6-4-5-7-11(10)24-15/h4-7,12H,8-9H2,1-3H3,(H,20,21,23)/t12-,17-,18+/m1/s1. The molecule has 2 aromatic rings. The summed E-state index contributed by atoms with van der Waals surface area (Å²) in [5.41, 5.74) is -0.696. The minimum absolute atomic E-state index is 0.0944. The van der Waals surface area contributed by atoms with Gasteiger partial charge in [-0.2, -0.15) is 0 Å². The second kappa shape index (κ2) is 4.88. The molecule has 2 fully saturated rings. The highest BCUT2D eigenvalue weighted by Crippen LogP contribution is 2.72. The first kappa shape index (κ1) is 16.2. The summed E-state index contributed by atoms with van der Waals surface area (Å²) >= 11 is 5.02. The van der Waals surface area contributed by atoms with Gasteiger partial charge in [0.25, 0.3) is 0 Å². The summed E-state index contributed by atoms with van der Waals surface area (Å²) in [7, 11) is 0. The molecule has 2 aliphatic rings. The van der Waals surface area contributed by atoms with Crippen molar-refractivity contribution in [3.05, 3.63) is 24.3 Å². The monoisotopic (exact) mass is 406 g/mol. The molecule has 24 heavy (non-hydrogen) atoms. The van der Waals surface area contributed by atoms with E-state index in [1.54, 1.807) is 0 Å². The molecule has 1 N–H and O–H groups in total. The van der Waals surface area contributed by atoms with E-state index in [-0.39, 0.29) is 11.7 Å². The summed E-state index contributed by atoms with van der Waals surface area (Å²) in [4.78, 5) is 30.1. The third kappa shape index (κ3) is 1.71. The number of rotatable bonds is 2. The fourth-order valence-electron chi connectivity index (χ4n) is 4.59. The van der Waals surface area contributed by atoms with Gasteiger partial charge in [-0.25, -0.2) is 4.98 Å². The Morgan fingerprint density at radius 1 is 1.29 bits per heavy atom. The van der Waals surface area contributed by atoms with E-state index in [9.17, 15) is 9.59 Å². The van der Waals surface area contributed by atoms with Crippen LogP contribution >= 0.6 is 27.3 Å². The number of hydrogen-bond acceptors (Lipinski definition) is 4. The Morgan fingerprint density at radius 3 is 2.62 bits per heavy atom. The highest BCUT2D eigenvalue weighted by atomic mass is 79.9. The number of anilines is 1. The fourth-order valence-corrected chi connectivity index (χ4v) is 6.96. The van der Waals surface area contributed by atoms with Crippen LogP contribution in [-0.2, 0) is 9.59 Å². The number of nitrogens with one attached hydrogen (secondary N) is 1. The lowest BCUT2D eigenvalue weighted by atomic mass is 9.64. The zero-order valence-corrected chi connectivity index (χ0v) is 16.3. The Morgan fingerprint density at radius 2 is 2.00 bits per heavy atom. The van der Waals surface area contributed by atoms with Gasteiger partial charge in [0.05, 0.1) is 20.5 Å². The van der Waals surface area contributed by atoms with Crippen molar-refractivity contribution in [3.8, 4) is 0 Å². The average Bonchev–Trinajstić information content (AvgIpc) is 3.06. The summed E-state index contributed by atoms with van der Waals surface area (Å²) in [5, 5.41) is 3.60. The lowest BCUT2D eigenvalue weighted by Gasteiger charge is -2.39. The molecule has 1 aromatic heterocycles. The third-order valence-corrected chi connectivity index (χ3v) is 8.79. The van der Waals surface area contributed by atoms with E-state index >= 15 is 0 Å². The molecular formula is C18H19BrN2O2S. The van der Waals surface area contributed by atoms with Crippen LogP contribution in [0.3, 0.4) is 0 Å². The van der Waals surface area contributed by atoms with Crippen LogP contribution in [0.2, 0.25) is 0 Å². The van der Waals surface area contributed by atoms with Crippen molar-refractivity contribution in [1.29, 1.82) is 0 Å². The van der Waals surface area contributed by atoms with Gasteiger partial charge >= 0.3 is 0 Å². The van der Waals surface area contributed by atoms with Crippen LogP contribution in [0.1, 0.15) is 33.6 Å². The number of thiazole rings is 1. The van der Waals surface area contributed by atoms with Gasteiger partial charge in [-0.3, -0.25) is 9.59 Å². The molecule has 0 spiro atoms. The SMILES string of the molecule is CC1(C)[C@]2(C)CC[C@@]1(C(=O)Nc1nc3ccccc3s1)[C@H](Br)C2=O. The van der Waals surface area contributed by atoms with Crippen LogP contribution in [0.4, 0.5) is 5.13 Å². The quantitative estimate of drug-likeness (QED) is 0.751. The number of amides is 1. The molecule has 2 saturated carbocycles. The zero-order chi connectivity index (χ0) is 17.3. The molecule has 0 radical (unpaired) electrons. The molecule has 1 heterocycles. The molecule has 1 amide bonds. The normalized spacial score (nSPS) is 34.0. The van der Waals surface area contributed by atoms with E-state index < -0.39 is 21.1 Å². The van der Waals surface area contributed by atoms with Crippen LogP contribution < -0.4 is 5.32 Å². The fraction of sp³-hybridized carbons (Fsp3) is 0.500. The maximum absolute atomic E-state index is 13.3. The number of carbonyl (C=O) groups is 2. The molecule has 2 bridgehead atoms. The van der Waals surface area contributed by atoms with E-state index in [0.29, 0.717) is 5.13 Å². The molecule has 126 valence electrons. The van der Waals surface area contributed by atoms with Crippen molar-refractivity contribution < 1.29 is 9.59 Å². The van der Waals surface area contributed by atoms with Gasteiger partial charge < -0.3 is 5.32 Å². The smallest absolute Gasteiger partial charge is 0.234 e. The van der Waals surface area contributed by atoms with Gasteiger partial charge in [0.2, 0.25) is 5.91 Å². The predicted octanol–water partition coefficient (Wildman–Crippen LogP) is 4.39. The lowest BCUT2D eigenvalue weighted by Crippen LogP contribution is -2.47. The number of para-hydroxylation sites is 1. The Labute approximate surface area is 153 Å². The van der Waals surface area contributed by atoms with E-state index in [2.05, 4.69) is 40.1 Å². The molecule has 1 aromatic carbocycles. The molecule has 2 aliphatic carbocycles. The maximum atomic E-state index is 13.3. The minimum Gasteiger partial charge on any atom is -0.301 e. The summed E-state index contributed by atoms with van der Waals surface area (Å²) in [5.74, 6) is 0.0567. The van der Waals surface area contributed by atoms with E-state index in [4.69, 9.17) is 0 Å². The Kier molecular flexibility index (Phi) is 3.30. The van der Waals surface area contributed by atoms with E-state index in [0.717, 1.165) is 23.1 Å². The Bertz CT molecular complexity index is 844. The first-order valence-electron chi connectivity index (χ1n) is 8.09. The minimum atomic E-state index is -0.726.